The molecule has 1 saturated heterocycles. The molecule has 2 heterocycles. The summed E-state index contributed by atoms with van der Waals surface area (Å²) in [6.45, 7) is 0.711. The molecule has 2 atom stereocenters. The lowest BCUT2D eigenvalue weighted by molar-refractivity contribution is -0.118. The second-order valence-electron chi connectivity index (χ2n) is 2.70. The number of fused-ring (bicyclic) bond motifs is 1. The second kappa shape index (κ2) is 2.91. The number of nitrogens with zero attached hydrogens (tertiary/aromatic N) is 1. The average molecular weight is 183 g/mol. The molecule has 12 heavy (non-hydrogen) atoms. The summed E-state index contributed by atoms with van der Waals surface area (Å²) in [5.74, 6) is -0.310. The van der Waals surface area contributed by atoms with Crippen LogP contribution in [0.15, 0.2) is 16.0 Å². The molecule has 4 nitrogen and oxygen atoms in total. The van der Waals surface area contributed by atoms with Crippen LogP contribution in [0.4, 0.5) is 0 Å². The molecule has 3 N–H and O–H groups in total. The van der Waals surface area contributed by atoms with Crippen molar-refractivity contribution in [1.29, 1.82) is 0 Å². The van der Waals surface area contributed by atoms with Gasteiger partial charge in [0.2, 0.25) is 5.91 Å². The molecule has 0 saturated carbocycles. The highest BCUT2D eigenvalue weighted by molar-refractivity contribution is 8.04. The van der Waals surface area contributed by atoms with E-state index in [1.807, 2.05) is 6.08 Å². The number of hydrogen-bond acceptors (Lipinski definition) is 4. The molecule has 2 unspecified atom stereocenters. The molecular weight excluding hydrogens is 174 g/mol. The van der Waals surface area contributed by atoms with E-state index < -0.39 is 0 Å². The van der Waals surface area contributed by atoms with Gasteiger partial charge in [-0.25, -0.2) is 0 Å². The minimum atomic E-state index is -0.310. The minimum absolute atomic E-state index is 0.206. The van der Waals surface area contributed by atoms with Gasteiger partial charge < -0.3 is 5.73 Å². The maximum atomic E-state index is 10.8. The first-order chi connectivity index (χ1) is 5.77. The molecule has 0 spiro atoms. The zero-order chi connectivity index (χ0) is 8.55. The summed E-state index contributed by atoms with van der Waals surface area (Å²) < 4.78 is 0. The van der Waals surface area contributed by atoms with Crippen molar-refractivity contribution in [2.45, 2.75) is 11.4 Å². The molecule has 0 aromatic carbocycles. The van der Waals surface area contributed by atoms with E-state index in [0.29, 0.717) is 6.54 Å². The standard InChI is InChI=1S/C7H9N3OS/c8-6(11)7-10-4-3-9-2-1-5(4)12-7/h1-2,4,7,10H,3H2,(H2,8,11). The first kappa shape index (κ1) is 7.82. The molecule has 64 valence electrons. The van der Waals surface area contributed by atoms with Gasteiger partial charge in [0.15, 0.2) is 0 Å². The Balaban J connectivity index is 2.12. The zero-order valence-corrected chi connectivity index (χ0v) is 7.17. The molecule has 2 aliphatic rings. The number of nitrogens with one attached hydrogen (secondary N) is 1. The third-order valence-corrected chi connectivity index (χ3v) is 3.14. The fourth-order valence-corrected chi connectivity index (χ4v) is 2.31. The molecule has 1 amide bonds. The van der Waals surface area contributed by atoms with Gasteiger partial charge in [0.1, 0.15) is 5.37 Å². The topological polar surface area (TPSA) is 67.5 Å². The molecule has 0 aromatic heterocycles. The molecule has 5 heteroatoms. The predicted molar refractivity (Wildman–Crippen MR) is 48.9 cm³/mol. The first-order valence-corrected chi connectivity index (χ1v) is 4.57. The van der Waals surface area contributed by atoms with Gasteiger partial charge in [0.05, 0.1) is 12.6 Å². The third-order valence-electron chi connectivity index (χ3n) is 1.84. The van der Waals surface area contributed by atoms with Crippen LogP contribution in [0.1, 0.15) is 0 Å². The quantitative estimate of drug-likeness (QED) is 0.574. The normalized spacial score (nSPS) is 32.8. The number of rotatable bonds is 1. The lowest BCUT2D eigenvalue weighted by Gasteiger charge is -2.10. The zero-order valence-electron chi connectivity index (χ0n) is 6.36. The van der Waals surface area contributed by atoms with Gasteiger partial charge in [0, 0.05) is 11.1 Å². The van der Waals surface area contributed by atoms with Gasteiger partial charge in [-0.15, -0.1) is 0 Å². The molecule has 2 aliphatic heterocycles. The summed E-state index contributed by atoms with van der Waals surface area (Å²) in [5, 5.41) is 2.82. The monoisotopic (exact) mass is 183 g/mol. The molecule has 0 radical (unpaired) electrons. The Hall–Kier alpha value is -0.810. The minimum Gasteiger partial charge on any atom is -0.368 e. The van der Waals surface area contributed by atoms with Crippen molar-refractivity contribution in [3.63, 3.8) is 0 Å². The van der Waals surface area contributed by atoms with Crippen molar-refractivity contribution < 1.29 is 4.79 Å². The highest BCUT2D eigenvalue weighted by Crippen LogP contribution is 2.31. The summed E-state index contributed by atoms with van der Waals surface area (Å²) in [6.07, 6.45) is 3.69. The lowest BCUT2D eigenvalue weighted by atomic mass is 10.2. The summed E-state index contributed by atoms with van der Waals surface area (Å²) in [7, 11) is 0. The first-order valence-electron chi connectivity index (χ1n) is 3.69. The Morgan fingerprint density at radius 3 is 3.33 bits per heavy atom. The van der Waals surface area contributed by atoms with Crippen molar-refractivity contribution in [2.24, 2.45) is 10.7 Å². The summed E-state index contributed by atoms with van der Waals surface area (Å²) in [4.78, 5) is 16.1. The van der Waals surface area contributed by atoms with Gasteiger partial charge in [-0.1, -0.05) is 11.8 Å². The Kier molecular flexibility index (Phi) is 1.90. The van der Waals surface area contributed by atoms with Crippen LogP contribution in [0.2, 0.25) is 0 Å². The maximum Gasteiger partial charge on any atom is 0.245 e. The molecular formula is C7H9N3OS. The van der Waals surface area contributed by atoms with Crippen LogP contribution in [-0.2, 0) is 4.79 Å². The van der Waals surface area contributed by atoms with Gasteiger partial charge >= 0.3 is 0 Å². The summed E-state index contributed by atoms with van der Waals surface area (Å²) in [6, 6.07) is 0.206. The van der Waals surface area contributed by atoms with E-state index >= 15 is 0 Å². The van der Waals surface area contributed by atoms with Crippen LogP contribution in [0.5, 0.6) is 0 Å². The lowest BCUT2D eigenvalue weighted by Crippen LogP contribution is -2.40. The largest absolute Gasteiger partial charge is 0.368 e. The van der Waals surface area contributed by atoms with Crippen LogP contribution in [0.3, 0.4) is 0 Å². The molecule has 2 rings (SSSR count). The van der Waals surface area contributed by atoms with E-state index in [4.69, 9.17) is 5.73 Å². The van der Waals surface area contributed by atoms with E-state index in [-0.39, 0.29) is 17.3 Å². The summed E-state index contributed by atoms with van der Waals surface area (Å²) >= 11 is 1.49. The Bertz CT molecular complexity index is 274. The summed E-state index contributed by atoms with van der Waals surface area (Å²) in [5.41, 5.74) is 5.16. The van der Waals surface area contributed by atoms with E-state index in [0.717, 1.165) is 4.91 Å². The Labute approximate surface area is 74.3 Å². The third kappa shape index (κ3) is 1.25. The highest BCUT2D eigenvalue weighted by atomic mass is 32.2. The molecule has 0 aliphatic carbocycles. The number of amides is 1. The fourth-order valence-electron chi connectivity index (χ4n) is 1.25. The number of allylic oxidation sites excluding steroid dienone is 1. The number of carbonyl (C=O) groups excluding carboxylic acids is 1. The molecule has 1 fully saturated rings. The number of dihydropyridines is 1. The van der Waals surface area contributed by atoms with Crippen molar-refractivity contribution >= 4 is 23.9 Å². The maximum absolute atomic E-state index is 10.8. The number of primary amides is 1. The van der Waals surface area contributed by atoms with Crippen molar-refractivity contribution in [2.75, 3.05) is 6.54 Å². The number of aliphatic imine (C=N–C) groups is 1. The van der Waals surface area contributed by atoms with Crippen LogP contribution < -0.4 is 11.1 Å². The van der Waals surface area contributed by atoms with Crippen LogP contribution in [0.25, 0.3) is 0 Å². The van der Waals surface area contributed by atoms with Crippen molar-refractivity contribution in [3.8, 4) is 0 Å². The van der Waals surface area contributed by atoms with Crippen LogP contribution in [0, 0.1) is 0 Å². The molecule has 0 aromatic rings. The number of hydrogen-bond donors (Lipinski definition) is 2. The van der Waals surface area contributed by atoms with Gasteiger partial charge in [-0.3, -0.25) is 15.1 Å². The van der Waals surface area contributed by atoms with Crippen molar-refractivity contribution in [3.05, 3.63) is 11.0 Å². The van der Waals surface area contributed by atoms with Crippen LogP contribution >= 0.6 is 11.8 Å². The van der Waals surface area contributed by atoms with Gasteiger partial charge in [-0.05, 0) is 6.08 Å². The fraction of sp³-hybridized carbons (Fsp3) is 0.429. The van der Waals surface area contributed by atoms with E-state index in [9.17, 15) is 4.79 Å². The van der Waals surface area contributed by atoms with Crippen LogP contribution in [-0.4, -0.2) is 30.1 Å². The highest BCUT2D eigenvalue weighted by Gasteiger charge is 2.32. The average Bonchev–Trinajstić information content (AvgIpc) is 2.46. The van der Waals surface area contributed by atoms with Gasteiger partial charge in [-0.2, -0.15) is 0 Å². The Morgan fingerprint density at radius 2 is 2.67 bits per heavy atom. The number of nitrogens with two attached hydrogens (primary N) is 1. The molecule has 0 bridgehead atoms. The predicted octanol–water partition coefficient (Wildman–Crippen LogP) is -0.529. The van der Waals surface area contributed by atoms with E-state index in [1.54, 1.807) is 6.21 Å². The smallest absolute Gasteiger partial charge is 0.245 e. The Morgan fingerprint density at radius 1 is 1.83 bits per heavy atom. The number of thioether (sulfide) groups is 1. The number of carbonyl (C=O) groups is 1. The van der Waals surface area contributed by atoms with Gasteiger partial charge in [0.25, 0.3) is 0 Å². The van der Waals surface area contributed by atoms with Crippen molar-refractivity contribution in [1.82, 2.24) is 5.32 Å². The van der Waals surface area contributed by atoms with E-state index in [1.165, 1.54) is 11.8 Å². The van der Waals surface area contributed by atoms with E-state index in [2.05, 4.69) is 10.3 Å². The second-order valence-corrected chi connectivity index (χ2v) is 3.88. The SMILES string of the molecule is NC(=O)C1NC2CN=CC=C2S1.